The number of fused-ring (bicyclic) bond motifs is 1. The van der Waals surface area contributed by atoms with Gasteiger partial charge >= 0.3 is 6.18 Å². The Morgan fingerprint density at radius 1 is 1.33 bits per heavy atom. The number of hydrogen-bond donors (Lipinski definition) is 3. The number of methoxy groups -OCH3 is 1. The summed E-state index contributed by atoms with van der Waals surface area (Å²) in [6, 6.07) is 6.89. The number of rotatable bonds is 5. The first-order valence-electron chi connectivity index (χ1n) is 9.38. The summed E-state index contributed by atoms with van der Waals surface area (Å²) >= 11 is 0. The van der Waals surface area contributed by atoms with E-state index in [-0.39, 0.29) is 17.4 Å². The number of aromatic nitrogens is 4. The molecule has 0 saturated carbocycles. The first-order chi connectivity index (χ1) is 14.2. The van der Waals surface area contributed by atoms with Crippen LogP contribution in [0.4, 0.5) is 19.0 Å². The highest BCUT2D eigenvalue weighted by Gasteiger charge is 2.54. The Balaban J connectivity index is 1.78. The second-order valence-corrected chi connectivity index (χ2v) is 7.29. The van der Waals surface area contributed by atoms with E-state index in [0.717, 1.165) is 19.5 Å². The monoisotopic (exact) mass is 422 g/mol. The Morgan fingerprint density at radius 3 is 2.80 bits per heavy atom. The van der Waals surface area contributed by atoms with Gasteiger partial charge in [0.2, 0.25) is 5.60 Å². The van der Waals surface area contributed by atoms with Crippen molar-refractivity contribution in [3.05, 3.63) is 36.2 Å². The van der Waals surface area contributed by atoms with Crippen LogP contribution in [-0.4, -0.2) is 57.1 Å². The maximum absolute atomic E-state index is 13.4. The van der Waals surface area contributed by atoms with Crippen LogP contribution in [-0.2, 0) is 5.60 Å². The molecule has 0 amide bonds. The minimum Gasteiger partial charge on any atom is -0.495 e. The molecule has 1 aliphatic heterocycles. The molecule has 1 saturated heterocycles. The molecule has 30 heavy (non-hydrogen) atoms. The third kappa shape index (κ3) is 3.54. The SMILES string of the molecule is COc1cc2ncc(-c3cccc(NC4CCNC4)n3)n2nc1C(C)(O)C(F)(F)F. The molecule has 0 aliphatic carbocycles. The molecule has 0 aromatic carbocycles. The van der Waals surface area contributed by atoms with E-state index in [4.69, 9.17) is 4.74 Å². The number of alkyl halides is 3. The quantitative estimate of drug-likeness (QED) is 0.581. The highest BCUT2D eigenvalue weighted by Crippen LogP contribution is 2.41. The molecule has 0 bridgehead atoms. The predicted molar refractivity (Wildman–Crippen MR) is 103 cm³/mol. The van der Waals surface area contributed by atoms with E-state index in [2.05, 4.69) is 25.7 Å². The highest BCUT2D eigenvalue weighted by atomic mass is 19.4. The summed E-state index contributed by atoms with van der Waals surface area (Å²) in [5.74, 6) is 0.436. The van der Waals surface area contributed by atoms with Gasteiger partial charge in [0, 0.05) is 18.7 Å². The second-order valence-electron chi connectivity index (χ2n) is 7.29. The summed E-state index contributed by atoms with van der Waals surface area (Å²) in [5, 5.41) is 20.8. The molecule has 3 aromatic heterocycles. The lowest BCUT2D eigenvalue weighted by Gasteiger charge is -2.26. The number of nitrogens with one attached hydrogen (secondary N) is 2. The number of aliphatic hydroxyl groups is 1. The maximum Gasteiger partial charge on any atom is 0.422 e. The van der Waals surface area contributed by atoms with Crippen LogP contribution in [0, 0.1) is 0 Å². The molecule has 2 unspecified atom stereocenters. The fourth-order valence-electron chi connectivity index (χ4n) is 3.34. The van der Waals surface area contributed by atoms with Crippen LogP contribution in [0.2, 0.25) is 0 Å². The number of pyridine rings is 1. The van der Waals surface area contributed by atoms with Gasteiger partial charge in [0.1, 0.15) is 23.0 Å². The molecule has 8 nitrogen and oxygen atoms in total. The van der Waals surface area contributed by atoms with Crippen molar-refractivity contribution in [2.75, 3.05) is 25.5 Å². The van der Waals surface area contributed by atoms with Gasteiger partial charge in [-0.15, -0.1) is 0 Å². The Morgan fingerprint density at radius 2 is 2.13 bits per heavy atom. The van der Waals surface area contributed by atoms with Crippen molar-refractivity contribution in [1.82, 2.24) is 24.9 Å². The van der Waals surface area contributed by atoms with Crippen molar-refractivity contribution in [2.45, 2.75) is 31.2 Å². The van der Waals surface area contributed by atoms with Gasteiger partial charge in [-0.05, 0) is 32.0 Å². The van der Waals surface area contributed by atoms with Crippen molar-refractivity contribution in [3.63, 3.8) is 0 Å². The minimum absolute atomic E-state index is 0.209. The lowest BCUT2D eigenvalue weighted by molar-refractivity contribution is -0.261. The van der Waals surface area contributed by atoms with E-state index < -0.39 is 17.5 Å². The first kappa shape index (κ1) is 20.4. The summed E-state index contributed by atoms with van der Waals surface area (Å²) in [5.41, 5.74) is -2.73. The van der Waals surface area contributed by atoms with Gasteiger partial charge in [-0.2, -0.15) is 18.3 Å². The van der Waals surface area contributed by atoms with E-state index in [1.807, 2.05) is 6.07 Å². The summed E-state index contributed by atoms with van der Waals surface area (Å²) in [6.07, 6.45) is -2.51. The molecule has 3 N–H and O–H groups in total. The van der Waals surface area contributed by atoms with Crippen LogP contribution >= 0.6 is 0 Å². The molecule has 2 atom stereocenters. The van der Waals surface area contributed by atoms with Crippen LogP contribution < -0.4 is 15.4 Å². The Hall–Kier alpha value is -2.92. The number of hydrogen-bond acceptors (Lipinski definition) is 7. The molecule has 160 valence electrons. The first-order valence-corrected chi connectivity index (χ1v) is 9.38. The Labute approximate surface area is 170 Å². The van der Waals surface area contributed by atoms with E-state index in [9.17, 15) is 18.3 Å². The molecule has 1 fully saturated rings. The molecule has 1 aliphatic rings. The van der Waals surface area contributed by atoms with Crippen LogP contribution in [0.15, 0.2) is 30.5 Å². The second kappa shape index (κ2) is 7.40. The van der Waals surface area contributed by atoms with Gasteiger partial charge < -0.3 is 20.5 Å². The normalized spacial score (nSPS) is 19.1. The van der Waals surface area contributed by atoms with E-state index in [1.165, 1.54) is 23.9 Å². The van der Waals surface area contributed by atoms with Crippen molar-refractivity contribution < 1.29 is 23.0 Å². The van der Waals surface area contributed by atoms with Crippen LogP contribution in [0.25, 0.3) is 17.0 Å². The average molecular weight is 422 g/mol. The number of ether oxygens (including phenoxy) is 1. The molecule has 0 radical (unpaired) electrons. The van der Waals surface area contributed by atoms with Crippen LogP contribution in [0.1, 0.15) is 19.0 Å². The van der Waals surface area contributed by atoms with Crippen molar-refractivity contribution in [2.24, 2.45) is 0 Å². The Kier molecular flexibility index (Phi) is 5.02. The van der Waals surface area contributed by atoms with Gasteiger partial charge in [0.25, 0.3) is 0 Å². The Bertz CT molecular complexity index is 1060. The van der Waals surface area contributed by atoms with Crippen LogP contribution in [0.5, 0.6) is 5.75 Å². The number of imidazole rings is 1. The summed E-state index contributed by atoms with van der Waals surface area (Å²) in [4.78, 5) is 8.77. The summed E-state index contributed by atoms with van der Waals surface area (Å²) < 4.78 is 46.6. The van der Waals surface area contributed by atoms with Gasteiger partial charge in [0.15, 0.2) is 5.65 Å². The third-order valence-corrected chi connectivity index (χ3v) is 5.11. The average Bonchev–Trinajstić information content (AvgIpc) is 3.35. The molecular formula is C19H21F3N6O2. The molecule has 11 heteroatoms. The van der Waals surface area contributed by atoms with Gasteiger partial charge in [-0.25, -0.2) is 14.5 Å². The summed E-state index contributed by atoms with van der Waals surface area (Å²) in [6.45, 7) is 2.40. The number of halogens is 3. The number of nitrogens with zero attached hydrogens (tertiary/aromatic N) is 4. The zero-order valence-corrected chi connectivity index (χ0v) is 16.4. The fraction of sp³-hybridized carbons (Fsp3) is 0.421. The predicted octanol–water partition coefficient (Wildman–Crippen LogP) is 2.34. The maximum atomic E-state index is 13.4. The van der Waals surface area contributed by atoms with E-state index in [0.29, 0.717) is 24.1 Å². The fourth-order valence-corrected chi connectivity index (χ4v) is 3.34. The molecular weight excluding hydrogens is 401 g/mol. The molecule has 0 spiro atoms. The smallest absolute Gasteiger partial charge is 0.422 e. The minimum atomic E-state index is -4.95. The van der Waals surface area contributed by atoms with Crippen molar-refractivity contribution in [1.29, 1.82) is 0 Å². The van der Waals surface area contributed by atoms with Crippen molar-refractivity contribution >= 4 is 11.5 Å². The van der Waals surface area contributed by atoms with Gasteiger partial charge in [-0.1, -0.05) is 6.07 Å². The van der Waals surface area contributed by atoms with Gasteiger partial charge in [-0.3, -0.25) is 0 Å². The lowest BCUT2D eigenvalue weighted by atomic mass is 10.0. The number of anilines is 1. The van der Waals surface area contributed by atoms with E-state index >= 15 is 0 Å². The zero-order valence-electron chi connectivity index (χ0n) is 16.4. The topological polar surface area (TPSA) is 96.6 Å². The third-order valence-electron chi connectivity index (χ3n) is 5.11. The highest BCUT2D eigenvalue weighted by molar-refractivity contribution is 5.62. The standard InChI is InChI=1S/C19H21F3N6O2/c1-18(29,19(20,21)22)17-14(30-2)8-16-24-10-13(28(16)27-17)12-4-3-5-15(26-12)25-11-6-7-23-9-11/h3-5,8,10-11,23,29H,6-7,9H2,1-2H3,(H,25,26). The molecule has 4 rings (SSSR count). The van der Waals surface area contributed by atoms with E-state index in [1.54, 1.807) is 12.1 Å². The largest absolute Gasteiger partial charge is 0.495 e. The summed E-state index contributed by atoms with van der Waals surface area (Å²) in [7, 11) is 1.21. The zero-order chi connectivity index (χ0) is 21.5. The molecule has 4 heterocycles. The van der Waals surface area contributed by atoms with Crippen LogP contribution in [0.3, 0.4) is 0 Å². The van der Waals surface area contributed by atoms with Crippen molar-refractivity contribution in [3.8, 4) is 17.1 Å². The lowest BCUT2D eigenvalue weighted by Crippen LogP contribution is -2.40. The molecule has 3 aromatic rings. The van der Waals surface area contributed by atoms with Gasteiger partial charge in [0.05, 0.1) is 19.0 Å².